The molecule has 0 bridgehead atoms. The zero-order chi connectivity index (χ0) is 9.97. The third-order valence-corrected chi connectivity index (χ3v) is 1.95. The topological polar surface area (TPSA) is 44.7 Å². The monoisotopic (exact) mass is 189 g/mol. The van der Waals surface area contributed by atoms with Crippen LogP contribution in [0.1, 0.15) is 5.56 Å². The molecule has 0 spiro atoms. The number of carbonyl (C=O) groups is 1. The van der Waals surface area contributed by atoms with Gasteiger partial charge in [-0.3, -0.25) is 9.80 Å². The van der Waals surface area contributed by atoms with E-state index in [-0.39, 0.29) is 5.91 Å². The number of amides is 1. The minimum Gasteiger partial charge on any atom is -0.307 e. The molecule has 14 heavy (non-hydrogen) atoms. The van der Waals surface area contributed by atoms with Crippen molar-refractivity contribution in [2.75, 3.05) is 13.6 Å². The molecule has 2 rings (SSSR count). The Bertz CT molecular complexity index is 372. The molecular weight excluding hydrogens is 178 g/mol. The summed E-state index contributed by atoms with van der Waals surface area (Å²) in [6.07, 6.45) is 0. The molecule has 4 nitrogen and oxygen atoms in total. The second-order valence-electron chi connectivity index (χ2n) is 3.18. The van der Waals surface area contributed by atoms with Gasteiger partial charge in [0.1, 0.15) is 6.54 Å². The van der Waals surface area contributed by atoms with Crippen LogP contribution >= 0.6 is 0 Å². The summed E-state index contributed by atoms with van der Waals surface area (Å²) >= 11 is 0. The summed E-state index contributed by atoms with van der Waals surface area (Å²) < 4.78 is 0. The molecule has 0 aromatic heterocycles. The van der Waals surface area contributed by atoms with Crippen molar-refractivity contribution >= 4 is 11.7 Å². The van der Waals surface area contributed by atoms with Gasteiger partial charge in [0.25, 0.3) is 0 Å². The van der Waals surface area contributed by atoms with Crippen LogP contribution in [0.4, 0.5) is 0 Å². The smallest absolute Gasteiger partial charge is 0.246 e. The predicted octanol–water partition coefficient (Wildman–Crippen LogP) is 0.410. The number of amidine groups is 1. The summed E-state index contributed by atoms with van der Waals surface area (Å²) in [7, 11) is 1.78. The van der Waals surface area contributed by atoms with Crippen molar-refractivity contribution in [3.05, 3.63) is 35.9 Å². The van der Waals surface area contributed by atoms with Crippen LogP contribution in [0.25, 0.3) is 0 Å². The Hall–Kier alpha value is -1.84. The van der Waals surface area contributed by atoms with E-state index in [9.17, 15) is 4.79 Å². The summed E-state index contributed by atoms with van der Waals surface area (Å²) in [6, 6.07) is 9.59. The van der Waals surface area contributed by atoms with E-state index < -0.39 is 0 Å². The second-order valence-corrected chi connectivity index (χ2v) is 3.18. The number of hydrogen-bond donors (Lipinski definition) is 1. The van der Waals surface area contributed by atoms with Crippen LogP contribution in [0.5, 0.6) is 0 Å². The van der Waals surface area contributed by atoms with Gasteiger partial charge in [0, 0.05) is 12.6 Å². The van der Waals surface area contributed by atoms with Gasteiger partial charge in [0.2, 0.25) is 5.91 Å². The van der Waals surface area contributed by atoms with Crippen molar-refractivity contribution in [2.45, 2.75) is 0 Å². The zero-order valence-corrected chi connectivity index (χ0v) is 7.90. The number of nitrogens with one attached hydrogen (secondary N) is 1. The molecule has 0 radical (unpaired) electrons. The molecule has 0 unspecified atom stereocenters. The Morgan fingerprint density at radius 2 is 2.07 bits per heavy atom. The largest absolute Gasteiger partial charge is 0.307 e. The number of benzene rings is 1. The highest BCUT2D eigenvalue weighted by molar-refractivity contribution is 6.09. The molecule has 0 saturated heterocycles. The van der Waals surface area contributed by atoms with Gasteiger partial charge in [-0.05, 0) is 0 Å². The standard InChI is InChI=1S/C10H11N3O/c1-13-7-9(14)11-10(12-13)8-5-3-2-4-6-8/h2-6H,7H2,1H3,(H,11,12,14). The van der Waals surface area contributed by atoms with E-state index in [1.165, 1.54) is 0 Å². The van der Waals surface area contributed by atoms with Crippen LogP contribution in [0.15, 0.2) is 35.4 Å². The van der Waals surface area contributed by atoms with Gasteiger partial charge in [-0.2, -0.15) is 5.10 Å². The highest BCUT2D eigenvalue weighted by atomic mass is 16.2. The van der Waals surface area contributed by atoms with Crippen molar-refractivity contribution in [3.63, 3.8) is 0 Å². The van der Waals surface area contributed by atoms with Crippen LogP contribution in [0.2, 0.25) is 0 Å². The average Bonchev–Trinajstić information content (AvgIpc) is 2.18. The number of hydrazone groups is 1. The fourth-order valence-electron chi connectivity index (χ4n) is 1.34. The lowest BCUT2D eigenvalue weighted by atomic mass is 10.2. The van der Waals surface area contributed by atoms with Crippen molar-refractivity contribution in [1.29, 1.82) is 0 Å². The van der Waals surface area contributed by atoms with Gasteiger partial charge in [-0.1, -0.05) is 30.3 Å². The first-order chi connectivity index (χ1) is 6.75. The first-order valence-electron chi connectivity index (χ1n) is 4.41. The summed E-state index contributed by atoms with van der Waals surface area (Å²) in [4.78, 5) is 11.2. The van der Waals surface area contributed by atoms with Crippen LogP contribution < -0.4 is 5.32 Å². The van der Waals surface area contributed by atoms with Crippen LogP contribution in [0.3, 0.4) is 0 Å². The number of carbonyl (C=O) groups excluding carboxylic acids is 1. The molecule has 1 aliphatic heterocycles. The molecule has 1 aliphatic rings. The summed E-state index contributed by atoms with van der Waals surface area (Å²) in [6.45, 7) is 0.316. The van der Waals surface area contributed by atoms with E-state index in [1.54, 1.807) is 12.1 Å². The molecule has 4 heteroatoms. The fraction of sp³-hybridized carbons (Fsp3) is 0.200. The van der Waals surface area contributed by atoms with Gasteiger partial charge in [0.15, 0.2) is 5.84 Å². The van der Waals surface area contributed by atoms with Crippen LogP contribution in [-0.4, -0.2) is 30.3 Å². The Morgan fingerprint density at radius 1 is 1.36 bits per heavy atom. The highest BCUT2D eigenvalue weighted by Gasteiger charge is 2.15. The van der Waals surface area contributed by atoms with Crippen molar-refractivity contribution in [3.8, 4) is 0 Å². The molecule has 1 amide bonds. The SMILES string of the molecule is CN1CC(=O)NC(c2ccccc2)=N1. The van der Waals surface area contributed by atoms with Crippen molar-refractivity contribution in [2.24, 2.45) is 5.10 Å². The highest BCUT2D eigenvalue weighted by Crippen LogP contribution is 2.03. The molecule has 0 atom stereocenters. The third kappa shape index (κ3) is 1.74. The number of rotatable bonds is 1. The number of nitrogens with zero attached hydrogens (tertiary/aromatic N) is 2. The van der Waals surface area contributed by atoms with E-state index >= 15 is 0 Å². The Morgan fingerprint density at radius 3 is 2.71 bits per heavy atom. The maximum absolute atomic E-state index is 11.2. The predicted molar refractivity (Wildman–Crippen MR) is 53.8 cm³/mol. The van der Waals surface area contributed by atoms with E-state index in [0.29, 0.717) is 12.4 Å². The second kappa shape index (κ2) is 3.49. The minimum atomic E-state index is -0.0265. The molecule has 0 saturated carbocycles. The molecule has 1 heterocycles. The lowest BCUT2D eigenvalue weighted by molar-refractivity contribution is -0.121. The summed E-state index contributed by atoms with van der Waals surface area (Å²) in [5, 5.41) is 8.58. The molecule has 1 N–H and O–H groups in total. The van der Waals surface area contributed by atoms with Gasteiger partial charge in [0.05, 0.1) is 0 Å². The van der Waals surface area contributed by atoms with Crippen molar-refractivity contribution < 1.29 is 4.79 Å². The van der Waals surface area contributed by atoms with Gasteiger partial charge in [-0.15, -0.1) is 0 Å². The van der Waals surface area contributed by atoms with E-state index in [4.69, 9.17) is 0 Å². The molecule has 0 fully saturated rings. The Labute approximate surface area is 82.2 Å². The summed E-state index contributed by atoms with van der Waals surface area (Å²) in [5.41, 5.74) is 0.924. The summed E-state index contributed by atoms with van der Waals surface area (Å²) in [5.74, 6) is 0.589. The quantitative estimate of drug-likeness (QED) is 0.695. The average molecular weight is 189 g/mol. The lowest BCUT2D eigenvalue weighted by Crippen LogP contribution is -2.43. The zero-order valence-electron chi connectivity index (χ0n) is 7.90. The number of likely N-dealkylation sites (N-methyl/N-ethyl adjacent to an activating group) is 1. The molecule has 0 aliphatic carbocycles. The molecule has 1 aromatic carbocycles. The molecule has 72 valence electrons. The number of hydrogen-bond acceptors (Lipinski definition) is 3. The normalized spacial score (nSPS) is 16.2. The van der Waals surface area contributed by atoms with E-state index in [0.717, 1.165) is 5.56 Å². The first-order valence-corrected chi connectivity index (χ1v) is 4.41. The molecule has 1 aromatic rings. The van der Waals surface area contributed by atoms with Gasteiger partial charge < -0.3 is 5.32 Å². The lowest BCUT2D eigenvalue weighted by Gasteiger charge is -2.21. The molecular formula is C10H11N3O. The first kappa shape index (κ1) is 8.74. The maximum Gasteiger partial charge on any atom is 0.246 e. The Balaban J connectivity index is 2.31. The fourth-order valence-corrected chi connectivity index (χ4v) is 1.34. The van der Waals surface area contributed by atoms with Crippen LogP contribution in [0, 0.1) is 0 Å². The Kier molecular flexibility index (Phi) is 2.18. The van der Waals surface area contributed by atoms with E-state index in [2.05, 4.69) is 10.4 Å². The van der Waals surface area contributed by atoms with Gasteiger partial charge in [-0.25, -0.2) is 0 Å². The van der Waals surface area contributed by atoms with Gasteiger partial charge >= 0.3 is 0 Å². The maximum atomic E-state index is 11.2. The van der Waals surface area contributed by atoms with E-state index in [1.807, 2.05) is 30.3 Å². The minimum absolute atomic E-state index is 0.0265. The third-order valence-electron chi connectivity index (χ3n) is 1.95. The van der Waals surface area contributed by atoms with Crippen LogP contribution in [-0.2, 0) is 4.79 Å². The van der Waals surface area contributed by atoms with Crippen molar-refractivity contribution in [1.82, 2.24) is 10.3 Å².